The summed E-state index contributed by atoms with van der Waals surface area (Å²) in [6.07, 6.45) is 0.702. The van der Waals surface area contributed by atoms with Crippen LogP contribution >= 0.6 is 0 Å². The monoisotopic (exact) mass is 268 g/mol. The van der Waals surface area contributed by atoms with Crippen molar-refractivity contribution < 1.29 is 24.1 Å². The molecule has 0 bridgehead atoms. The Hall–Kier alpha value is -1.75. The molecular formula is C14H20O5. The second-order valence-electron chi connectivity index (χ2n) is 3.77. The highest BCUT2D eigenvalue weighted by atomic mass is 16.5. The lowest BCUT2D eigenvalue weighted by Crippen LogP contribution is -2.08. The summed E-state index contributed by atoms with van der Waals surface area (Å²) in [4.78, 5) is 11.2. The van der Waals surface area contributed by atoms with Crippen LogP contribution in [0.15, 0.2) is 18.2 Å². The molecule has 0 spiro atoms. The van der Waals surface area contributed by atoms with Gasteiger partial charge in [0.05, 0.1) is 13.2 Å². The largest absolute Gasteiger partial charge is 0.490 e. The predicted octanol–water partition coefficient (Wildman–Crippen LogP) is 2.59. The Morgan fingerprint density at radius 3 is 2.58 bits per heavy atom. The molecule has 0 aliphatic heterocycles. The normalized spacial score (nSPS) is 10.2. The maximum atomic E-state index is 11.2. The summed E-state index contributed by atoms with van der Waals surface area (Å²) < 4.78 is 16.1. The molecule has 0 atom stereocenters. The molecule has 0 aliphatic rings. The lowest BCUT2D eigenvalue weighted by atomic mass is 10.2. The summed E-state index contributed by atoms with van der Waals surface area (Å²) >= 11 is 0. The summed E-state index contributed by atoms with van der Waals surface area (Å²) in [6, 6.07) is 4.85. The molecule has 0 amide bonds. The highest BCUT2D eigenvalue weighted by Crippen LogP contribution is 2.31. The molecule has 0 saturated heterocycles. The van der Waals surface area contributed by atoms with Crippen molar-refractivity contribution in [1.82, 2.24) is 0 Å². The third-order valence-corrected chi connectivity index (χ3v) is 2.39. The van der Waals surface area contributed by atoms with Gasteiger partial charge >= 0.3 is 5.97 Å². The number of carboxylic acids is 1. The molecule has 0 saturated carbocycles. The van der Waals surface area contributed by atoms with Crippen LogP contribution in [0.4, 0.5) is 0 Å². The highest BCUT2D eigenvalue weighted by Gasteiger charge is 2.16. The predicted molar refractivity (Wildman–Crippen MR) is 71.2 cm³/mol. The summed E-state index contributed by atoms with van der Waals surface area (Å²) in [5, 5.41) is 9.14. The molecule has 1 N–H and O–H groups in total. The van der Waals surface area contributed by atoms with Crippen LogP contribution in [0.3, 0.4) is 0 Å². The number of carboxylic acid groups (broad SMARTS) is 1. The van der Waals surface area contributed by atoms with Gasteiger partial charge in [-0.15, -0.1) is 0 Å². The van der Waals surface area contributed by atoms with Crippen molar-refractivity contribution in [2.75, 3.05) is 26.4 Å². The maximum Gasteiger partial charge on any atom is 0.339 e. The van der Waals surface area contributed by atoms with Gasteiger partial charge < -0.3 is 19.3 Å². The molecule has 0 unspecified atom stereocenters. The van der Waals surface area contributed by atoms with E-state index in [0.717, 1.165) is 0 Å². The van der Waals surface area contributed by atoms with Gasteiger partial charge in [-0.05, 0) is 26.0 Å². The van der Waals surface area contributed by atoms with Crippen LogP contribution in [0.25, 0.3) is 0 Å². The molecule has 0 heterocycles. The first kappa shape index (κ1) is 15.3. The number of hydrogen-bond acceptors (Lipinski definition) is 4. The number of carbonyl (C=O) groups is 1. The van der Waals surface area contributed by atoms with Crippen molar-refractivity contribution >= 4 is 5.97 Å². The van der Waals surface area contributed by atoms with Crippen molar-refractivity contribution in [2.45, 2.75) is 20.3 Å². The van der Waals surface area contributed by atoms with Gasteiger partial charge in [-0.3, -0.25) is 0 Å². The van der Waals surface area contributed by atoms with E-state index in [2.05, 4.69) is 0 Å². The third kappa shape index (κ3) is 4.79. The minimum atomic E-state index is -1.03. The van der Waals surface area contributed by atoms with Gasteiger partial charge in [0.25, 0.3) is 0 Å². The van der Waals surface area contributed by atoms with E-state index >= 15 is 0 Å². The molecule has 0 fully saturated rings. The number of ether oxygens (including phenoxy) is 3. The smallest absolute Gasteiger partial charge is 0.339 e. The zero-order valence-electron chi connectivity index (χ0n) is 11.3. The van der Waals surface area contributed by atoms with Crippen molar-refractivity contribution in [3.63, 3.8) is 0 Å². The van der Waals surface area contributed by atoms with Gasteiger partial charge in [-0.1, -0.05) is 6.07 Å². The van der Waals surface area contributed by atoms with Crippen molar-refractivity contribution in [3.8, 4) is 11.5 Å². The van der Waals surface area contributed by atoms with Crippen LogP contribution in [-0.4, -0.2) is 37.5 Å². The lowest BCUT2D eigenvalue weighted by molar-refractivity contribution is 0.0690. The topological polar surface area (TPSA) is 65.0 Å². The average Bonchev–Trinajstić information content (AvgIpc) is 2.40. The number of benzene rings is 1. The Morgan fingerprint density at radius 1 is 1.16 bits per heavy atom. The highest BCUT2D eigenvalue weighted by molar-refractivity contribution is 5.92. The molecule has 0 aliphatic carbocycles. The lowest BCUT2D eigenvalue weighted by Gasteiger charge is -2.14. The number of hydrogen-bond donors (Lipinski definition) is 1. The van der Waals surface area contributed by atoms with E-state index in [1.165, 1.54) is 6.07 Å². The molecular weight excluding hydrogens is 248 g/mol. The van der Waals surface area contributed by atoms with Crippen molar-refractivity contribution in [3.05, 3.63) is 23.8 Å². The van der Waals surface area contributed by atoms with Gasteiger partial charge in [0.1, 0.15) is 5.56 Å². The summed E-state index contributed by atoms with van der Waals surface area (Å²) in [7, 11) is 0. The minimum absolute atomic E-state index is 0.113. The van der Waals surface area contributed by atoms with Crippen LogP contribution in [0.5, 0.6) is 11.5 Å². The average molecular weight is 268 g/mol. The Balaban J connectivity index is 2.73. The molecule has 0 radical (unpaired) electrons. The molecule has 1 aromatic rings. The van der Waals surface area contributed by atoms with E-state index in [0.29, 0.717) is 38.6 Å². The Morgan fingerprint density at radius 2 is 1.95 bits per heavy atom. The Bertz CT molecular complexity index is 403. The standard InChI is InChI=1S/C14H20O5/c1-3-17-9-6-10-19-13-11(14(15)16)7-5-8-12(13)18-4-2/h5,7-8H,3-4,6,9-10H2,1-2H3,(H,15,16). The van der Waals surface area contributed by atoms with Crippen LogP contribution < -0.4 is 9.47 Å². The van der Waals surface area contributed by atoms with E-state index in [-0.39, 0.29) is 11.3 Å². The van der Waals surface area contributed by atoms with Gasteiger partial charge in [0, 0.05) is 19.6 Å². The number of aromatic carboxylic acids is 1. The van der Waals surface area contributed by atoms with E-state index < -0.39 is 5.97 Å². The van der Waals surface area contributed by atoms with Gasteiger partial charge in [-0.25, -0.2) is 4.79 Å². The van der Waals surface area contributed by atoms with Crippen LogP contribution in [-0.2, 0) is 4.74 Å². The fourth-order valence-corrected chi connectivity index (χ4v) is 1.58. The Labute approximate surface area is 113 Å². The fraction of sp³-hybridized carbons (Fsp3) is 0.500. The van der Waals surface area contributed by atoms with Crippen LogP contribution in [0.2, 0.25) is 0 Å². The van der Waals surface area contributed by atoms with Crippen LogP contribution in [0.1, 0.15) is 30.6 Å². The molecule has 106 valence electrons. The zero-order valence-corrected chi connectivity index (χ0v) is 11.3. The molecule has 19 heavy (non-hydrogen) atoms. The third-order valence-electron chi connectivity index (χ3n) is 2.39. The first-order chi connectivity index (χ1) is 9.20. The minimum Gasteiger partial charge on any atom is -0.490 e. The number of para-hydroxylation sites is 1. The second-order valence-corrected chi connectivity index (χ2v) is 3.77. The Kier molecular flexibility index (Phi) is 6.74. The zero-order chi connectivity index (χ0) is 14.1. The SMILES string of the molecule is CCOCCCOc1c(OCC)cccc1C(=O)O. The van der Waals surface area contributed by atoms with Crippen molar-refractivity contribution in [2.24, 2.45) is 0 Å². The number of rotatable bonds is 9. The van der Waals surface area contributed by atoms with E-state index in [1.54, 1.807) is 12.1 Å². The first-order valence-electron chi connectivity index (χ1n) is 6.40. The summed E-state index contributed by atoms with van der Waals surface area (Å²) in [6.45, 7) is 5.87. The summed E-state index contributed by atoms with van der Waals surface area (Å²) in [5.74, 6) is -0.284. The second kappa shape index (κ2) is 8.37. The van der Waals surface area contributed by atoms with E-state index in [9.17, 15) is 4.79 Å². The molecule has 1 aromatic carbocycles. The van der Waals surface area contributed by atoms with Gasteiger partial charge in [0.2, 0.25) is 0 Å². The van der Waals surface area contributed by atoms with E-state index in [1.807, 2.05) is 13.8 Å². The maximum absolute atomic E-state index is 11.2. The quantitative estimate of drug-likeness (QED) is 0.697. The van der Waals surface area contributed by atoms with Gasteiger partial charge in [-0.2, -0.15) is 0 Å². The fourth-order valence-electron chi connectivity index (χ4n) is 1.58. The molecule has 5 nitrogen and oxygen atoms in total. The molecule has 5 heteroatoms. The summed E-state index contributed by atoms with van der Waals surface area (Å²) in [5.41, 5.74) is 0.113. The van der Waals surface area contributed by atoms with Crippen LogP contribution in [0, 0.1) is 0 Å². The molecule has 1 rings (SSSR count). The molecule has 0 aromatic heterocycles. The van der Waals surface area contributed by atoms with Crippen molar-refractivity contribution in [1.29, 1.82) is 0 Å². The first-order valence-corrected chi connectivity index (χ1v) is 6.40. The van der Waals surface area contributed by atoms with E-state index in [4.69, 9.17) is 19.3 Å². The van der Waals surface area contributed by atoms with Gasteiger partial charge in [0.15, 0.2) is 11.5 Å².